The molecule has 1 saturated carbocycles. The van der Waals surface area contributed by atoms with Crippen LogP contribution in [0.15, 0.2) is 48.5 Å². The van der Waals surface area contributed by atoms with Gasteiger partial charge in [0, 0.05) is 63.5 Å². The van der Waals surface area contributed by atoms with Gasteiger partial charge in [-0.05, 0) is 72.5 Å². The summed E-state index contributed by atoms with van der Waals surface area (Å²) < 4.78 is 47.5. The number of nitrogens with one attached hydrogen (secondary N) is 2. The minimum Gasteiger partial charge on any atom is -0.439 e. The number of halogens is 3. The van der Waals surface area contributed by atoms with Crippen LogP contribution in [0.3, 0.4) is 0 Å². The van der Waals surface area contributed by atoms with E-state index in [1.54, 1.807) is 29.2 Å². The molecule has 1 aliphatic carbocycles. The number of aromatic nitrogens is 2. The van der Waals surface area contributed by atoms with Crippen molar-refractivity contribution in [1.82, 2.24) is 24.7 Å². The van der Waals surface area contributed by atoms with E-state index in [9.17, 15) is 22.8 Å². The number of pyridine rings is 1. The number of nitrogens with zero attached hydrogens (tertiary/aromatic N) is 5. The molecular weight excluding hydrogens is 631 g/mol. The van der Waals surface area contributed by atoms with Crippen molar-refractivity contribution >= 4 is 44.4 Å². The number of thiazole rings is 1. The predicted molar refractivity (Wildman–Crippen MR) is 172 cm³/mol. The molecule has 2 aromatic heterocycles. The number of hydrogen-bond donors (Lipinski definition) is 2. The van der Waals surface area contributed by atoms with Crippen LogP contribution in [0.25, 0.3) is 10.3 Å². The van der Waals surface area contributed by atoms with Gasteiger partial charge < -0.3 is 25.2 Å². The highest BCUT2D eigenvalue weighted by Crippen LogP contribution is 2.35. The quantitative estimate of drug-likeness (QED) is 0.221. The lowest BCUT2D eigenvalue weighted by Gasteiger charge is -2.34. The summed E-state index contributed by atoms with van der Waals surface area (Å²) in [6.07, 6.45) is -2.72. The van der Waals surface area contributed by atoms with Crippen LogP contribution in [0.4, 0.5) is 28.8 Å². The molecule has 0 spiro atoms. The molecule has 2 aliphatic heterocycles. The van der Waals surface area contributed by atoms with Crippen LogP contribution in [0, 0.1) is 5.92 Å². The predicted octanol–water partition coefficient (Wildman–Crippen LogP) is 6.54. The molecule has 3 amide bonds. The number of urea groups is 1. The SMILES string of the molecule is CCN1CCN(Cc2cc(NC(=O)N3Cc4ccc(Oc5ccc6nc(NC(=O)C7CC7)sc6n5)cc4C3)cc(C(F)(F)F)c2)CC1. The Bertz CT molecular complexity index is 1820. The summed E-state index contributed by atoms with van der Waals surface area (Å²) in [5.74, 6) is 0.956. The smallest absolute Gasteiger partial charge is 0.416 e. The van der Waals surface area contributed by atoms with Crippen LogP contribution in [-0.4, -0.2) is 69.3 Å². The van der Waals surface area contributed by atoms with Gasteiger partial charge in [-0.3, -0.25) is 9.69 Å². The average molecular weight is 666 g/mol. The Balaban J connectivity index is 0.997. The number of piperazine rings is 1. The number of rotatable bonds is 8. The van der Waals surface area contributed by atoms with Crippen molar-refractivity contribution in [3.05, 3.63) is 70.8 Å². The Labute approximate surface area is 273 Å². The Morgan fingerprint density at radius 1 is 0.936 bits per heavy atom. The van der Waals surface area contributed by atoms with E-state index >= 15 is 0 Å². The number of fused-ring (bicyclic) bond motifs is 2. The number of likely N-dealkylation sites (N-methyl/N-ethyl adjacent to an activating group) is 1. The van der Waals surface area contributed by atoms with Crippen molar-refractivity contribution in [2.24, 2.45) is 5.92 Å². The molecule has 10 nitrogen and oxygen atoms in total. The van der Waals surface area contributed by atoms with Crippen molar-refractivity contribution in [3.63, 3.8) is 0 Å². The molecule has 47 heavy (non-hydrogen) atoms. The summed E-state index contributed by atoms with van der Waals surface area (Å²) in [4.78, 5) is 41.0. The van der Waals surface area contributed by atoms with Crippen molar-refractivity contribution in [2.45, 2.75) is 45.6 Å². The van der Waals surface area contributed by atoms with Crippen LogP contribution in [-0.2, 0) is 30.6 Å². The first-order valence-electron chi connectivity index (χ1n) is 15.7. The van der Waals surface area contributed by atoms with Gasteiger partial charge in [0.05, 0.1) is 5.56 Å². The molecule has 0 atom stereocenters. The molecule has 4 heterocycles. The van der Waals surface area contributed by atoms with Crippen LogP contribution >= 0.6 is 11.3 Å². The summed E-state index contributed by atoms with van der Waals surface area (Å²) in [6.45, 7) is 7.33. The molecule has 14 heteroatoms. The summed E-state index contributed by atoms with van der Waals surface area (Å²) in [7, 11) is 0. The van der Waals surface area contributed by atoms with Gasteiger partial charge in [-0.25, -0.2) is 14.8 Å². The third-order valence-corrected chi connectivity index (χ3v) is 9.59. The normalized spacial score (nSPS) is 17.1. The van der Waals surface area contributed by atoms with Crippen molar-refractivity contribution in [3.8, 4) is 11.6 Å². The van der Waals surface area contributed by atoms with Crippen LogP contribution in [0.2, 0.25) is 0 Å². The highest BCUT2D eigenvalue weighted by molar-refractivity contribution is 7.21. The number of anilines is 2. The number of ether oxygens (including phenoxy) is 1. The second-order valence-corrected chi connectivity index (χ2v) is 13.2. The first-order chi connectivity index (χ1) is 22.6. The van der Waals surface area contributed by atoms with Gasteiger partial charge in [-0.15, -0.1) is 0 Å². The number of benzene rings is 2. The van der Waals surface area contributed by atoms with Crippen LogP contribution < -0.4 is 15.4 Å². The summed E-state index contributed by atoms with van der Waals surface area (Å²) in [5, 5.41) is 6.06. The van der Waals surface area contributed by atoms with Crippen LogP contribution in [0.1, 0.15) is 42.0 Å². The second kappa shape index (κ2) is 12.7. The van der Waals surface area contributed by atoms with E-state index in [1.807, 2.05) is 12.1 Å². The van der Waals surface area contributed by atoms with Crippen molar-refractivity contribution in [1.29, 1.82) is 0 Å². The second-order valence-electron chi connectivity index (χ2n) is 12.2. The zero-order chi connectivity index (χ0) is 32.7. The third kappa shape index (κ3) is 7.34. The van der Waals surface area contributed by atoms with E-state index in [1.165, 1.54) is 17.4 Å². The fourth-order valence-corrected chi connectivity index (χ4v) is 6.74. The molecular formula is C33H34F3N7O3S. The highest BCUT2D eigenvalue weighted by atomic mass is 32.1. The minimum atomic E-state index is -4.54. The maximum Gasteiger partial charge on any atom is 0.416 e. The molecule has 2 N–H and O–H groups in total. The molecule has 0 radical (unpaired) electrons. The number of alkyl halides is 3. The van der Waals surface area contributed by atoms with Gasteiger partial charge in [-0.1, -0.05) is 24.3 Å². The zero-order valence-electron chi connectivity index (χ0n) is 25.8. The molecule has 4 aromatic rings. The first-order valence-corrected chi connectivity index (χ1v) is 16.5. The van der Waals surface area contributed by atoms with Crippen LogP contribution in [0.5, 0.6) is 11.6 Å². The Morgan fingerprint density at radius 2 is 1.70 bits per heavy atom. The lowest BCUT2D eigenvalue weighted by atomic mass is 10.1. The number of amides is 3. The molecule has 246 valence electrons. The maximum absolute atomic E-state index is 13.8. The van der Waals surface area contributed by atoms with E-state index in [0.29, 0.717) is 45.8 Å². The van der Waals surface area contributed by atoms with E-state index < -0.39 is 17.8 Å². The van der Waals surface area contributed by atoms with Gasteiger partial charge in [-0.2, -0.15) is 13.2 Å². The van der Waals surface area contributed by atoms with Gasteiger partial charge in [0.2, 0.25) is 11.8 Å². The monoisotopic (exact) mass is 665 g/mol. The Morgan fingerprint density at radius 3 is 2.45 bits per heavy atom. The van der Waals surface area contributed by atoms with Gasteiger partial charge in [0.15, 0.2) is 5.13 Å². The fourth-order valence-electron chi connectivity index (χ4n) is 5.91. The Hall–Kier alpha value is -4.27. The summed E-state index contributed by atoms with van der Waals surface area (Å²) in [5.41, 5.74) is 2.30. The Kier molecular flexibility index (Phi) is 8.49. The standard InChI is InChI=1S/C33H34F3N7O3S/c1-2-41-9-11-42(12-10-41)17-20-13-24(33(34,35)36)16-25(14-20)37-32(45)43-18-22-5-6-26(15-23(22)19-43)46-28-8-7-27-30(39-28)47-31(38-27)40-29(44)21-3-4-21/h5-8,13-16,21H,2-4,9-12,17-19H2,1H3,(H,37,45)(H,38,40,44). The van der Waals surface area contributed by atoms with Gasteiger partial charge >= 0.3 is 12.2 Å². The lowest BCUT2D eigenvalue weighted by Crippen LogP contribution is -2.45. The highest BCUT2D eigenvalue weighted by Gasteiger charge is 2.33. The molecule has 2 fully saturated rings. The zero-order valence-corrected chi connectivity index (χ0v) is 26.6. The summed E-state index contributed by atoms with van der Waals surface area (Å²) >= 11 is 1.28. The molecule has 1 saturated heterocycles. The van der Waals surface area contributed by atoms with E-state index in [2.05, 4.69) is 37.3 Å². The number of carbonyl (C=O) groups is 2. The molecule has 0 unspecified atom stereocenters. The van der Waals surface area contributed by atoms with E-state index in [-0.39, 0.29) is 24.1 Å². The van der Waals surface area contributed by atoms with Crippen molar-refractivity contribution in [2.75, 3.05) is 43.4 Å². The minimum absolute atomic E-state index is 0.0162. The largest absolute Gasteiger partial charge is 0.439 e. The maximum atomic E-state index is 13.8. The van der Waals surface area contributed by atoms with Crippen molar-refractivity contribution < 1.29 is 27.5 Å². The third-order valence-electron chi connectivity index (χ3n) is 8.71. The first kappa shape index (κ1) is 31.3. The number of carbonyl (C=O) groups excluding carboxylic acids is 2. The molecule has 2 aromatic carbocycles. The molecule has 0 bridgehead atoms. The lowest BCUT2D eigenvalue weighted by molar-refractivity contribution is -0.137. The molecule has 7 rings (SSSR count). The fraction of sp³-hybridized carbons (Fsp3) is 0.394. The van der Waals surface area contributed by atoms with Gasteiger partial charge in [0.25, 0.3) is 0 Å². The van der Waals surface area contributed by atoms with E-state index in [4.69, 9.17) is 4.74 Å². The van der Waals surface area contributed by atoms with E-state index in [0.717, 1.165) is 62.8 Å². The molecule has 3 aliphatic rings. The van der Waals surface area contributed by atoms with Gasteiger partial charge in [0.1, 0.15) is 16.1 Å². The number of hydrogen-bond acceptors (Lipinski definition) is 8. The topological polar surface area (TPSA) is 103 Å². The summed E-state index contributed by atoms with van der Waals surface area (Å²) in [6, 6.07) is 12.3. The average Bonchev–Trinajstić information content (AvgIpc) is 3.69.